The molecule has 44 heavy (non-hydrogen) atoms. The molecule has 6 rings (SSSR count). The van der Waals surface area contributed by atoms with Crippen molar-refractivity contribution in [1.82, 2.24) is 14.5 Å². The number of amides is 1. The predicted octanol–water partition coefficient (Wildman–Crippen LogP) is 7.13. The van der Waals surface area contributed by atoms with Crippen molar-refractivity contribution in [3.63, 3.8) is 0 Å². The van der Waals surface area contributed by atoms with Crippen molar-refractivity contribution >= 4 is 22.6 Å². The Morgan fingerprint density at radius 2 is 1.50 bits per heavy atom. The molecule has 1 amide bonds. The van der Waals surface area contributed by atoms with Crippen molar-refractivity contribution in [1.29, 1.82) is 0 Å². The molecule has 2 heterocycles. The van der Waals surface area contributed by atoms with Crippen LogP contribution in [0.3, 0.4) is 0 Å². The highest BCUT2D eigenvalue weighted by Crippen LogP contribution is 2.31. The number of halogens is 3. The zero-order valence-corrected chi connectivity index (χ0v) is 24.4. The number of imidazole rings is 1. The standard InChI is InChI=1S/C35H33F3N4O2/c1-25(44-30-10-6-3-7-11-30)34-39-31-17-16-29(23-32(31)42(34)24-27-12-14-28(15-13-27)35(36,37)38)40-18-20-41(21-19-40)33(43)22-26-8-4-2-5-9-26/h2-17,23,25H,18-22,24H2,1H3. The molecule has 0 saturated carbocycles. The topological polar surface area (TPSA) is 50.6 Å². The van der Waals surface area contributed by atoms with E-state index >= 15 is 0 Å². The number of alkyl halides is 3. The van der Waals surface area contributed by atoms with Crippen molar-refractivity contribution in [2.45, 2.75) is 32.2 Å². The van der Waals surface area contributed by atoms with E-state index in [1.54, 1.807) is 0 Å². The van der Waals surface area contributed by atoms with Crippen LogP contribution in [0, 0.1) is 0 Å². The molecule has 1 atom stereocenters. The number of aromatic nitrogens is 2. The number of hydrogen-bond acceptors (Lipinski definition) is 4. The number of hydrogen-bond donors (Lipinski definition) is 0. The van der Waals surface area contributed by atoms with E-state index in [2.05, 4.69) is 11.0 Å². The van der Waals surface area contributed by atoms with Gasteiger partial charge in [0.25, 0.3) is 0 Å². The molecule has 0 spiro atoms. The van der Waals surface area contributed by atoms with E-state index in [9.17, 15) is 18.0 Å². The molecular formula is C35H33F3N4O2. The summed E-state index contributed by atoms with van der Waals surface area (Å²) in [7, 11) is 0. The van der Waals surface area contributed by atoms with E-state index in [0.717, 1.165) is 40.0 Å². The molecule has 1 aliphatic rings. The summed E-state index contributed by atoms with van der Waals surface area (Å²) in [5.74, 6) is 1.50. The Bertz CT molecular complexity index is 1710. The minimum absolute atomic E-state index is 0.123. The van der Waals surface area contributed by atoms with Crippen LogP contribution in [0.25, 0.3) is 11.0 Å². The molecule has 0 aliphatic carbocycles. The number of ether oxygens (including phenoxy) is 1. The van der Waals surface area contributed by atoms with Crippen LogP contribution >= 0.6 is 0 Å². The summed E-state index contributed by atoms with van der Waals surface area (Å²) < 4.78 is 47.9. The van der Waals surface area contributed by atoms with Crippen molar-refractivity contribution in [3.8, 4) is 5.75 Å². The summed E-state index contributed by atoms with van der Waals surface area (Å²) >= 11 is 0. The van der Waals surface area contributed by atoms with Gasteiger partial charge in [-0.05, 0) is 60.5 Å². The molecule has 4 aromatic carbocycles. The van der Waals surface area contributed by atoms with Crippen LogP contribution in [0.1, 0.15) is 35.5 Å². The Morgan fingerprint density at radius 3 is 2.16 bits per heavy atom. The quantitative estimate of drug-likeness (QED) is 0.191. The van der Waals surface area contributed by atoms with Crippen LogP contribution in [0.2, 0.25) is 0 Å². The molecule has 5 aromatic rings. The Labute approximate surface area is 254 Å². The predicted molar refractivity (Wildman–Crippen MR) is 165 cm³/mol. The van der Waals surface area contributed by atoms with Gasteiger partial charge in [0.05, 0.1) is 23.0 Å². The molecule has 1 aromatic heterocycles. The number of carbonyl (C=O) groups is 1. The van der Waals surface area contributed by atoms with Gasteiger partial charge in [-0.2, -0.15) is 13.2 Å². The molecule has 1 saturated heterocycles. The maximum Gasteiger partial charge on any atom is 0.416 e. The molecule has 0 bridgehead atoms. The first-order chi connectivity index (χ1) is 21.2. The third-order valence-corrected chi connectivity index (χ3v) is 8.00. The van der Waals surface area contributed by atoms with Crippen LogP contribution in [0.15, 0.2) is 103 Å². The van der Waals surface area contributed by atoms with Gasteiger partial charge in [0, 0.05) is 38.4 Å². The van der Waals surface area contributed by atoms with E-state index in [4.69, 9.17) is 9.72 Å². The summed E-state index contributed by atoms with van der Waals surface area (Å²) in [6.07, 6.45) is -4.42. The smallest absolute Gasteiger partial charge is 0.416 e. The number of nitrogens with zero attached hydrogens (tertiary/aromatic N) is 4. The minimum Gasteiger partial charge on any atom is -0.483 e. The first kappa shape index (κ1) is 29.3. The third-order valence-electron chi connectivity index (χ3n) is 8.00. The molecule has 226 valence electrons. The highest BCUT2D eigenvalue weighted by Gasteiger charge is 2.30. The lowest BCUT2D eigenvalue weighted by atomic mass is 10.1. The second-order valence-corrected chi connectivity index (χ2v) is 11.0. The molecule has 6 nitrogen and oxygen atoms in total. The van der Waals surface area contributed by atoms with Crippen LogP contribution in [0.4, 0.5) is 18.9 Å². The largest absolute Gasteiger partial charge is 0.483 e. The fourth-order valence-electron chi connectivity index (χ4n) is 5.64. The summed E-state index contributed by atoms with van der Waals surface area (Å²) in [5, 5.41) is 0. The SMILES string of the molecule is CC(Oc1ccccc1)c1nc2ccc(N3CCN(C(=O)Cc4ccccc4)CC3)cc2n1Cc1ccc(C(F)(F)F)cc1. The van der Waals surface area contributed by atoms with Gasteiger partial charge >= 0.3 is 6.18 Å². The first-order valence-corrected chi connectivity index (χ1v) is 14.7. The zero-order chi connectivity index (χ0) is 30.7. The van der Waals surface area contributed by atoms with Gasteiger partial charge in [-0.15, -0.1) is 0 Å². The third kappa shape index (κ3) is 6.56. The average Bonchev–Trinajstić information content (AvgIpc) is 3.39. The number of carbonyl (C=O) groups excluding carboxylic acids is 1. The van der Waals surface area contributed by atoms with Crippen LogP contribution in [0.5, 0.6) is 5.75 Å². The first-order valence-electron chi connectivity index (χ1n) is 14.7. The van der Waals surface area contributed by atoms with E-state index in [1.165, 1.54) is 12.1 Å². The Balaban J connectivity index is 1.25. The molecule has 1 fully saturated rings. The van der Waals surface area contributed by atoms with Crippen LogP contribution < -0.4 is 9.64 Å². The summed E-state index contributed by atoms with van der Waals surface area (Å²) in [5.41, 5.74) is 3.69. The van der Waals surface area contributed by atoms with Crippen molar-refractivity contribution in [3.05, 3.63) is 126 Å². The molecule has 1 aliphatic heterocycles. The van der Waals surface area contributed by atoms with E-state index in [0.29, 0.717) is 50.7 Å². The van der Waals surface area contributed by atoms with Gasteiger partial charge in [0.1, 0.15) is 5.75 Å². The maximum absolute atomic E-state index is 13.2. The number of anilines is 1. The van der Waals surface area contributed by atoms with Crippen molar-refractivity contribution in [2.24, 2.45) is 0 Å². The molecule has 0 radical (unpaired) electrons. The molecule has 0 N–H and O–H groups in total. The lowest BCUT2D eigenvalue weighted by molar-refractivity contribution is -0.137. The second-order valence-electron chi connectivity index (χ2n) is 11.0. The minimum atomic E-state index is -4.39. The second kappa shape index (κ2) is 12.4. The lowest BCUT2D eigenvalue weighted by Crippen LogP contribution is -2.49. The van der Waals surface area contributed by atoms with E-state index < -0.39 is 17.8 Å². The number of fused-ring (bicyclic) bond motifs is 1. The number of rotatable bonds is 8. The van der Waals surface area contributed by atoms with Gasteiger partial charge in [0.2, 0.25) is 5.91 Å². The van der Waals surface area contributed by atoms with Gasteiger partial charge in [-0.1, -0.05) is 60.7 Å². The lowest BCUT2D eigenvalue weighted by Gasteiger charge is -2.36. The highest BCUT2D eigenvalue weighted by atomic mass is 19.4. The zero-order valence-electron chi connectivity index (χ0n) is 24.4. The maximum atomic E-state index is 13.2. The highest BCUT2D eigenvalue weighted by molar-refractivity contribution is 5.81. The van der Waals surface area contributed by atoms with E-state index in [1.807, 2.05) is 89.2 Å². The summed E-state index contributed by atoms with van der Waals surface area (Å²) in [4.78, 5) is 22.0. The van der Waals surface area contributed by atoms with Gasteiger partial charge in [-0.3, -0.25) is 4.79 Å². The van der Waals surface area contributed by atoms with Crippen LogP contribution in [-0.2, 0) is 23.9 Å². The van der Waals surface area contributed by atoms with Gasteiger partial charge < -0.3 is 19.1 Å². The molecule has 1 unspecified atom stereocenters. The summed E-state index contributed by atoms with van der Waals surface area (Å²) in [6.45, 7) is 4.89. The van der Waals surface area contributed by atoms with Gasteiger partial charge in [-0.25, -0.2) is 4.98 Å². The van der Waals surface area contributed by atoms with Gasteiger partial charge in [0.15, 0.2) is 11.9 Å². The number of piperazine rings is 1. The number of benzene rings is 4. The normalized spacial score (nSPS) is 14.5. The molecule has 9 heteroatoms. The summed E-state index contributed by atoms with van der Waals surface area (Å²) in [6, 6.07) is 30.6. The molecular weight excluding hydrogens is 565 g/mol. The monoisotopic (exact) mass is 598 g/mol. The van der Waals surface area contributed by atoms with Crippen molar-refractivity contribution < 1.29 is 22.7 Å². The van der Waals surface area contributed by atoms with Crippen LogP contribution in [-0.4, -0.2) is 46.5 Å². The Kier molecular flexibility index (Phi) is 8.28. The Hall–Kier alpha value is -4.79. The fraction of sp³-hybridized carbons (Fsp3) is 0.257. The van der Waals surface area contributed by atoms with Crippen molar-refractivity contribution in [2.75, 3.05) is 31.1 Å². The van der Waals surface area contributed by atoms with E-state index in [-0.39, 0.29) is 5.91 Å². The Morgan fingerprint density at radius 1 is 0.841 bits per heavy atom. The fourth-order valence-corrected chi connectivity index (χ4v) is 5.64. The number of para-hydroxylation sites is 1. The average molecular weight is 599 g/mol.